The lowest BCUT2D eigenvalue weighted by molar-refractivity contribution is -0.146. The van der Waals surface area contributed by atoms with Gasteiger partial charge >= 0.3 is 11.9 Å². The zero-order valence-corrected chi connectivity index (χ0v) is 10.1. The normalized spacial score (nSPS) is 25.1. The van der Waals surface area contributed by atoms with E-state index in [4.69, 9.17) is 4.74 Å². The molecule has 1 aliphatic heterocycles. The molecule has 0 spiro atoms. The largest absolute Gasteiger partial charge is 0.480 e. The van der Waals surface area contributed by atoms with E-state index in [0.717, 1.165) is 12.2 Å². The number of esters is 1. The van der Waals surface area contributed by atoms with Gasteiger partial charge in [-0.1, -0.05) is 0 Å². The molecule has 0 bridgehead atoms. The van der Waals surface area contributed by atoms with Crippen molar-refractivity contribution in [3.05, 3.63) is 0 Å². The van der Waals surface area contributed by atoms with Crippen LogP contribution in [0, 0.1) is 0 Å². The van der Waals surface area contributed by atoms with E-state index < -0.39 is 17.5 Å². The molecule has 1 unspecified atom stereocenters. The summed E-state index contributed by atoms with van der Waals surface area (Å²) in [5.41, 5.74) is -0.963. The van der Waals surface area contributed by atoms with Crippen LogP contribution in [0.3, 0.4) is 0 Å². The molecule has 1 atom stereocenters. The summed E-state index contributed by atoms with van der Waals surface area (Å²) < 4.78 is 4.76. The molecule has 1 fully saturated rings. The Morgan fingerprint density at radius 1 is 1.56 bits per heavy atom. The minimum absolute atomic E-state index is 0.0410. The number of carboxylic acids is 1. The summed E-state index contributed by atoms with van der Waals surface area (Å²) in [7, 11) is 0. The van der Waals surface area contributed by atoms with Gasteiger partial charge in [-0.15, -0.1) is 0 Å². The second-order valence-electron chi connectivity index (χ2n) is 3.70. The maximum Gasteiger partial charge on any atom is 0.324 e. The smallest absolute Gasteiger partial charge is 0.324 e. The third-order valence-corrected chi connectivity index (χ3v) is 3.80. The molecule has 0 saturated carbocycles. The van der Waals surface area contributed by atoms with Gasteiger partial charge in [-0.05, 0) is 25.5 Å². The first-order chi connectivity index (χ1) is 7.60. The Balaban J connectivity index is 2.51. The Labute approximate surface area is 98.9 Å². The highest BCUT2D eigenvalue weighted by Crippen LogP contribution is 2.26. The van der Waals surface area contributed by atoms with E-state index in [2.05, 4.69) is 5.32 Å². The van der Waals surface area contributed by atoms with E-state index >= 15 is 0 Å². The molecule has 6 heteroatoms. The standard InChI is InChI=1S/C10H17NO4S/c1-2-15-8(12)6-11-10(9(13)14)4-3-5-16-7-10/h11H,2-7H2,1H3,(H,13,14). The lowest BCUT2D eigenvalue weighted by atomic mass is 9.95. The molecule has 1 heterocycles. The van der Waals surface area contributed by atoms with Gasteiger partial charge in [0, 0.05) is 5.75 Å². The van der Waals surface area contributed by atoms with Gasteiger partial charge in [-0.2, -0.15) is 11.8 Å². The fourth-order valence-corrected chi connectivity index (χ4v) is 2.84. The average Bonchev–Trinajstić information content (AvgIpc) is 2.28. The van der Waals surface area contributed by atoms with Crippen LogP contribution in [0.4, 0.5) is 0 Å². The highest BCUT2D eigenvalue weighted by molar-refractivity contribution is 7.99. The molecule has 5 nitrogen and oxygen atoms in total. The van der Waals surface area contributed by atoms with Gasteiger partial charge in [0.15, 0.2) is 0 Å². The van der Waals surface area contributed by atoms with Gasteiger partial charge in [-0.3, -0.25) is 14.9 Å². The third-order valence-electron chi connectivity index (χ3n) is 2.53. The average molecular weight is 247 g/mol. The molecule has 0 radical (unpaired) electrons. The molecule has 1 aliphatic rings. The maximum atomic E-state index is 11.2. The number of nitrogens with one attached hydrogen (secondary N) is 1. The van der Waals surface area contributed by atoms with Crippen molar-refractivity contribution in [2.75, 3.05) is 24.7 Å². The van der Waals surface area contributed by atoms with Crippen LogP contribution in [-0.2, 0) is 14.3 Å². The maximum absolute atomic E-state index is 11.2. The van der Waals surface area contributed by atoms with Crippen LogP contribution in [0.25, 0.3) is 0 Å². The predicted molar refractivity (Wildman–Crippen MR) is 61.6 cm³/mol. The second kappa shape index (κ2) is 6.10. The summed E-state index contributed by atoms with van der Waals surface area (Å²) >= 11 is 1.60. The molecule has 1 saturated heterocycles. The number of ether oxygens (including phenoxy) is 1. The van der Waals surface area contributed by atoms with Gasteiger partial charge in [-0.25, -0.2) is 0 Å². The van der Waals surface area contributed by atoms with Gasteiger partial charge in [0.25, 0.3) is 0 Å². The molecule has 0 aromatic carbocycles. The molecule has 0 aromatic heterocycles. The summed E-state index contributed by atoms with van der Waals surface area (Å²) in [4.78, 5) is 22.4. The molecule has 0 amide bonds. The first-order valence-electron chi connectivity index (χ1n) is 5.32. The SMILES string of the molecule is CCOC(=O)CNC1(C(=O)O)CCCSC1. The van der Waals surface area contributed by atoms with E-state index in [1.54, 1.807) is 18.7 Å². The fraction of sp³-hybridized carbons (Fsp3) is 0.800. The van der Waals surface area contributed by atoms with E-state index in [1.165, 1.54) is 0 Å². The van der Waals surface area contributed by atoms with Crippen LogP contribution < -0.4 is 5.32 Å². The van der Waals surface area contributed by atoms with Crippen LogP contribution in [0.1, 0.15) is 19.8 Å². The molecular formula is C10H17NO4S. The van der Waals surface area contributed by atoms with Gasteiger partial charge in [0.2, 0.25) is 0 Å². The molecular weight excluding hydrogens is 230 g/mol. The number of hydrogen-bond donors (Lipinski definition) is 2. The van der Waals surface area contributed by atoms with E-state index in [0.29, 0.717) is 18.8 Å². The summed E-state index contributed by atoms with van der Waals surface area (Å²) in [5, 5.41) is 12.0. The molecule has 92 valence electrons. The Hall–Kier alpha value is -0.750. The molecule has 1 rings (SSSR count). The number of hydrogen-bond acceptors (Lipinski definition) is 5. The lowest BCUT2D eigenvalue weighted by Gasteiger charge is -2.33. The van der Waals surface area contributed by atoms with E-state index in [-0.39, 0.29) is 6.54 Å². The van der Waals surface area contributed by atoms with Gasteiger partial charge < -0.3 is 9.84 Å². The quantitative estimate of drug-likeness (QED) is 0.689. The first kappa shape index (κ1) is 13.3. The summed E-state index contributed by atoms with van der Waals surface area (Å²) in [6, 6.07) is 0. The Bertz CT molecular complexity index is 264. The van der Waals surface area contributed by atoms with Crippen LogP contribution in [0.5, 0.6) is 0 Å². The van der Waals surface area contributed by atoms with Crippen LogP contribution in [0.2, 0.25) is 0 Å². The van der Waals surface area contributed by atoms with Gasteiger partial charge in [0.05, 0.1) is 13.2 Å². The molecule has 0 aromatic rings. The Kier molecular flexibility index (Phi) is 5.08. The van der Waals surface area contributed by atoms with Crippen molar-refractivity contribution in [3.8, 4) is 0 Å². The second-order valence-corrected chi connectivity index (χ2v) is 4.81. The number of carbonyl (C=O) groups is 2. The zero-order valence-electron chi connectivity index (χ0n) is 9.32. The zero-order chi connectivity index (χ0) is 12.0. The number of rotatable bonds is 5. The molecule has 0 aliphatic carbocycles. The van der Waals surface area contributed by atoms with Crippen molar-refractivity contribution in [1.29, 1.82) is 0 Å². The van der Waals surface area contributed by atoms with Crippen molar-refractivity contribution in [2.45, 2.75) is 25.3 Å². The van der Waals surface area contributed by atoms with Crippen LogP contribution in [-0.4, -0.2) is 47.2 Å². The monoisotopic (exact) mass is 247 g/mol. The highest BCUT2D eigenvalue weighted by Gasteiger charge is 2.40. The lowest BCUT2D eigenvalue weighted by Crippen LogP contribution is -2.57. The van der Waals surface area contributed by atoms with Crippen molar-refractivity contribution in [1.82, 2.24) is 5.32 Å². The topological polar surface area (TPSA) is 75.6 Å². The number of carboxylic acid groups (broad SMARTS) is 1. The van der Waals surface area contributed by atoms with Crippen molar-refractivity contribution >= 4 is 23.7 Å². The Morgan fingerprint density at radius 2 is 2.31 bits per heavy atom. The third kappa shape index (κ3) is 3.38. The first-order valence-corrected chi connectivity index (χ1v) is 6.48. The fourth-order valence-electron chi connectivity index (χ4n) is 1.63. The van der Waals surface area contributed by atoms with E-state index in [1.807, 2.05) is 0 Å². The molecule has 2 N–H and O–H groups in total. The minimum Gasteiger partial charge on any atom is -0.480 e. The Morgan fingerprint density at radius 3 is 2.81 bits per heavy atom. The summed E-state index contributed by atoms with van der Waals surface area (Å²) in [6.45, 7) is 2.00. The summed E-state index contributed by atoms with van der Waals surface area (Å²) in [6.07, 6.45) is 1.42. The van der Waals surface area contributed by atoms with Crippen molar-refractivity contribution in [3.63, 3.8) is 0 Å². The minimum atomic E-state index is -0.963. The van der Waals surface area contributed by atoms with Crippen molar-refractivity contribution < 1.29 is 19.4 Å². The number of thioether (sulfide) groups is 1. The molecule has 16 heavy (non-hydrogen) atoms. The van der Waals surface area contributed by atoms with E-state index in [9.17, 15) is 14.7 Å². The van der Waals surface area contributed by atoms with Crippen LogP contribution in [0.15, 0.2) is 0 Å². The van der Waals surface area contributed by atoms with Crippen molar-refractivity contribution in [2.24, 2.45) is 0 Å². The highest BCUT2D eigenvalue weighted by atomic mass is 32.2. The number of aliphatic carboxylic acids is 1. The number of carbonyl (C=O) groups excluding carboxylic acids is 1. The van der Waals surface area contributed by atoms with Crippen LogP contribution >= 0.6 is 11.8 Å². The summed E-state index contributed by atoms with van der Waals surface area (Å²) in [5.74, 6) is 0.195. The van der Waals surface area contributed by atoms with Gasteiger partial charge in [0.1, 0.15) is 5.54 Å². The predicted octanol–water partition coefficient (Wildman–Crippen LogP) is 0.489.